The molecule has 0 radical (unpaired) electrons. The van der Waals surface area contributed by atoms with Gasteiger partial charge in [0, 0.05) is 18.1 Å². The van der Waals surface area contributed by atoms with Crippen molar-refractivity contribution in [1.29, 1.82) is 0 Å². The van der Waals surface area contributed by atoms with Gasteiger partial charge < -0.3 is 23.7 Å². The Balaban J connectivity index is 1.39. The number of carbonyl (C=O) groups is 1. The molecule has 4 aromatic carbocycles. The molecule has 1 fully saturated rings. The minimum absolute atomic E-state index is 0.109. The molecular weight excluding hydrogens is 574 g/mol. The van der Waals surface area contributed by atoms with Crippen LogP contribution in [0.15, 0.2) is 115 Å². The zero-order valence-corrected chi connectivity index (χ0v) is 25.3. The summed E-state index contributed by atoms with van der Waals surface area (Å²) in [5.41, 5.74) is 3.07. The van der Waals surface area contributed by atoms with E-state index in [0.717, 1.165) is 16.7 Å². The number of hydrogen-bond donors (Lipinski definition) is 0. The fourth-order valence-corrected chi connectivity index (χ4v) is 5.40. The Morgan fingerprint density at radius 1 is 0.733 bits per heavy atom. The van der Waals surface area contributed by atoms with Crippen LogP contribution in [-0.2, 0) is 43.5 Å². The number of esters is 1. The summed E-state index contributed by atoms with van der Waals surface area (Å²) in [7, 11) is 0. The van der Waals surface area contributed by atoms with Gasteiger partial charge in [0.15, 0.2) is 6.29 Å². The van der Waals surface area contributed by atoms with Gasteiger partial charge in [0.1, 0.15) is 18.3 Å². The number of non-ortho nitro benzene ring substituents is 1. The number of nitro benzene ring substituents is 1. The minimum atomic E-state index is -0.837. The van der Waals surface area contributed by atoms with Crippen LogP contribution in [0.3, 0.4) is 0 Å². The Hall–Kier alpha value is -4.41. The van der Waals surface area contributed by atoms with E-state index < -0.39 is 41.6 Å². The number of hydrogen-bond acceptors (Lipinski definition) is 8. The molecule has 0 bridgehead atoms. The molecule has 1 heterocycles. The number of ether oxygens (including phenoxy) is 5. The maximum atomic E-state index is 13.1. The van der Waals surface area contributed by atoms with E-state index >= 15 is 0 Å². The van der Waals surface area contributed by atoms with Crippen molar-refractivity contribution in [3.8, 4) is 0 Å². The first-order valence-electron chi connectivity index (χ1n) is 15.0. The van der Waals surface area contributed by atoms with Crippen LogP contribution in [0.2, 0.25) is 0 Å². The van der Waals surface area contributed by atoms with Crippen molar-refractivity contribution in [3.05, 3.63) is 148 Å². The fourth-order valence-electron chi connectivity index (χ4n) is 5.40. The smallest absolute Gasteiger partial charge is 0.338 e. The van der Waals surface area contributed by atoms with Crippen LogP contribution in [0.5, 0.6) is 0 Å². The highest BCUT2D eigenvalue weighted by Crippen LogP contribution is 2.35. The quantitative estimate of drug-likeness (QED) is 0.0914. The third-order valence-corrected chi connectivity index (χ3v) is 7.82. The molecule has 9 nitrogen and oxygen atoms in total. The Kier molecular flexibility index (Phi) is 11.1. The summed E-state index contributed by atoms with van der Waals surface area (Å²) in [5, 5.41) is 11.0. The molecule has 45 heavy (non-hydrogen) atoms. The fraction of sp³-hybridized carbons (Fsp3) is 0.306. The number of carbonyl (C=O) groups excluding carboxylic acids is 1. The largest absolute Gasteiger partial charge is 0.456 e. The summed E-state index contributed by atoms with van der Waals surface area (Å²) in [6.45, 7) is 4.70. The zero-order valence-electron chi connectivity index (χ0n) is 25.3. The molecule has 0 N–H and O–H groups in total. The topological polar surface area (TPSA) is 106 Å². The van der Waals surface area contributed by atoms with Crippen LogP contribution >= 0.6 is 0 Å². The molecule has 1 aliphatic rings. The molecule has 234 valence electrons. The molecule has 0 aromatic heterocycles. The van der Waals surface area contributed by atoms with Gasteiger partial charge in [0.25, 0.3) is 5.69 Å². The number of nitro groups is 1. The number of benzene rings is 4. The predicted molar refractivity (Wildman–Crippen MR) is 167 cm³/mol. The van der Waals surface area contributed by atoms with Gasteiger partial charge in [-0.15, -0.1) is 0 Å². The molecule has 1 saturated heterocycles. The highest BCUT2D eigenvalue weighted by Gasteiger charge is 2.48. The monoisotopic (exact) mass is 611 g/mol. The average Bonchev–Trinajstić information content (AvgIpc) is 3.07. The van der Waals surface area contributed by atoms with Crippen LogP contribution in [0, 0.1) is 16.0 Å². The summed E-state index contributed by atoms with van der Waals surface area (Å²) in [6.07, 6.45) is -3.22. The molecule has 9 heteroatoms. The standard InChI is InChI=1S/C36H37NO8/c1-25-32(26(2)44-35(38)30-18-20-31(21-19-30)37(39)40)45-36(43-24-29-16-10-5-11-17-29)34(42-23-28-14-8-4-9-15-28)33(25)41-22-27-12-6-3-7-13-27/h3-21,25-26,32-34,36H,22-24H2,1-2H3/t25-,26+,32+,33+,34+,36+/m1/s1. The minimum Gasteiger partial charge on any atom is -0.456 e. The second-order valence-corrected chi connectivity index (χ2v) is 11.1. The predicted octanol–water partition coefficient (Wildman–Crippen LogP) is 6.89. The first kappa shape index (κ1) is 32.0. The van der Waals surface area contributed by atoms with Gasteiger partial charge in [-0.3, -0.25) is 10.1 Å². The summed E-state index contributed by atoms with van der Waals surface area (Å²) in [5.74, 6) is -0.884. The molecule has 4 aromatic rings. The normalized spacial score (nSPS) is 22.0. The molecular formula is C36H37NO8. The first-order valence-corrected chi connectivity index (χ1v) is 15.0. The summed E-state index contributed by atoms with van der Waals surface area (Å²) in [6, 6.07) is 34.8. The third-order valence-electron chi connectivity index (χ3n) is 7.82. The van der Waals surface area contributed by atoms with Gasteiger partial charge >= 0.3 is 5.97 Å². The van der Waals surface area contributed by atoms with E-state index in [1.165, 1.54) is 24.3 Å². The van der Waals surface area contributed by atoms with E-state index in [1.54, 1.807) is 6.92 Å². The second-order valence-electron chi connectivity index (χ2n) is 11.1. The van der Waals surface area contributed by atoms with Gasteiger partial charge in [0.05, 0.1) is 36.4 Å². The molecule has 5 rings (SSSR count). The van der Waals surface area contributed by atoms with Gasteiger partial charge in [-0.2, -0.15) is 0 Å². The Morgan fingerprint density at radius 2 is 1.20 bits per heavy atom. The van der Waals surface area contributed by atoms with Gasteiger partial charge in [-0.1, -0.05) is 97.9 Å². The van der Waals surface area contributed by atoms with Crippen LogP contribution < -0.4 is 0 Å². The van der Waals surface area contributed by atoms with Crippen molar-refractivity contribution in [2.45, 2.75) is 64.4 Å². The van der Waals surface area contributed by atoms with Crippen molar-refractivity contribution in [3.63, 3.8) is 0 Å². The van der Waals surface area contributed by atoms with E-state index in [2.05, 4.69) is 0 Å². The lowest BCUT2D eigenvalue weighted by atomic mass is 9.87. The zero-order chi connectivity index (χ0) is 31.6. The highest BCUT2D eigenvalue weighted by atomic mass is 16.7. The van der Waals surface area contributed by atoms with Crippen molar-refractivity contribution >= 4 is 11.7 Å². The van der Waals surface area contributed by atoms with Crippen LogP contribution in [0.25, 0.3) is 0 Å². The van der Waals surface area contributed by atoms with E-state index in [1.807, 2.05) is 97.9 Å². The van der Waals surface area contributed by atoms with Crippen LogP contribution in [-0.4, -0.2) is 41.6 Å². The molecule has 1 aliphatic heterocycles. The van der Waals surface area contributed by atoms with Gasteiger partial charge in [-0.05, 0) is 35.7 Å². The summed E-state index contributed by atoms with van der Waals surface area (Å²) in [4.78, 5) is 23.6. The SMILES string of the molecule is C[C@H]1[C@H](OCc2ccccc2)[C@H](OCc2ccccc2)[C@@H](OCc2ccccc2)O[C@@H]1[C@H](C)OC(=O)c1ccc([N+](=O)[O-])cc1. The molecule has 6 atom stereocenters. The van der Waals surface area contributed by atoms with Crippen molar-refractivity contribution in [1.82, 2.24) is 0 Å². The van der Waals surface area contributed by atoms with E-state index in [4.69, 9.17) is 23.7 Å². The summed E-state index contributed by atoms with van der Waals surface area (Å²) < 4.78 is 31.9. The van der Waals surface area contributed by atoms with Crippen LogP contribution in [0.4, 0.5) is 5.69 Å². The van der Waals surface area contributed by atoms with E-state index in [-0.39, 0.29) is 23.8 Å². The molecule has 0 unspecified atom stereocenters. The highest BCUT2D eigenvalue weighted by molar-refractivity contribution is 5.89. The molecule has 0 spiro atoms. The Bertz CT molecular complexity index is 1500. The average molecular weight is 612 g/mol. The second kappa shape index (κ2) is 15.5. The van der Waals surface area contributed by atoms with Crippen molar-refractivity contribution in [2.24, 2.45) is 5.92 Å². The van der Waals surface area contributed by atoms with Crippen molar-refractivity contribution in [2.75, 3.05) is 0 Å². The maximum Gasteiger partial charge on any atom is 0.338 e. The first-order chi connectivity index (χ1) is 21.9. The van der Waals surface area contributed by atoms with Gasteiger partial charge in [0.2, 0.25) is 0 Å². The lowest BCUT2D eigenvalue weighted by molar-refractivity contribution is -0.384. The van der Waals surface area contributed by atoms with E-state index in [9.17, 15) is 14.9 Å². The Morgan fingerprint density at radius 3 is 1.69 bits per heavy atom. The van der Waals surface area contributed by atoms with Gasteiger partial charge in [-0.25, -0.2) is 4.79 Å². The van der Waals surface area contributed by atoms with Crippen molar-refractivity contribution < 1.29 is 33.4 Å². The lowest BCUT2D eigenvalue weighted by Crippen LogP contribution is -2.59. The molecule has 0 aliphatic carbocycles. The Labute approximate surface area is 262 Å². The van der Waals surface area contributed by atoms with E-state index in [0.29, 0.717) is 13.2 Å². The maximum absolute atomic E-state index is 13.1. The third kappa shape index (κ3) is 8.61. The molecule has 0 saturated carbocycles. The van der Waals surface area contributed by atoms with Crippen LogP contribution in [0.1, 0.15) is 40.9 Å². The lowest BCUT2D eigenvalue weighted by Gasteiger charge is -2.46. The number of rotatable bonds is 13. The number of nitrogens with zero attached hydrogens (tertiary/aromatic N) is 1. The summed E-state index contributed by atoms with van der Waals surface area (Å²) >= 11 is 0. The molecule has 0 amide bonds.